The molecule has 0 aromatic heterocycles. The van der Waals surface area contributed by atoms with E-state index in [9.17, 15) is 23.7 Å². The molecule has 4 aromatic rings. The molecule has 2 aliphatic heterocycles. The summed E-state index contributed by atoms with van der Waals surface area (Å²) < 4.78 is 19.8. The van der Waals surface area contributed by atoms with E-state index in [0.717, 1.165) is 27.1 Å². The zero-order chi connectivity index (χ0) is 32.0. The van der Waals surface area contributed by atoms with E-state index in [1.807, 2.05) is 115 Å². The van der Waals surface area contributed by atoms with Gasteiger partial charge in [0.25, 0.3) is 5.91 Å². The number of aliphatic hydroxyl groups excluding tert-OH is 1. The summed E-state index contributed by atoms with van der Waals surface area (Å²) in [5.41, 5.74) is 3.68. The second-order valence-corrected chi connectivity index (χ2v) is 13.6. The summed E-state index contributed by atoms with van der Waals surface area (Å²) in [6.45, 7) is -0.0728. The van der Waals surface area contributed by atoms with Crippen LogP contribution in [-0.4, -0.2) is 54.9 Å². The number of ether oxygens (including phenoxy) is 1. The number of thioether (sulfide) groups is 1. The summed E-state index contributed by atoms with van der Waals surface area (Å²) in [5, 5.41) is 11.3. The summed E-state index contributed by atoms with van der Waals surface area (Å²) in [6.07, 6.45) is -0.674. The number of carbonyl (C=O) groups excluding carboxylic acids is 3. The molecule has 3 atom stereocenters. The molecule has 1 saturated heterocycles. The van der Waals surface area contributed by atoms with Crippen molar-refractivity contribution in [2.24, 2.45) is 0 Å². The molecule has 10 heteroatoms. The van der Waals surface area contributed by atoms with Crippen LogP contribution in [0.25, 0.3) is 0 Å². The zero-order valence-corrected chi connectivity index (χ0v) is 26.4. The molecule has 6 rings (SSSR count). The fourth-order valence-corrected chi connectivity index (χ4v) is 8.29. The van der Waals surface area contributed by atoms with E-state index in [1.165, 1.54) is 16.7 Å². The molecule has 8 nitrogen and oxygen atoms in total. The van der Waals surface area contributed by atoms with E-state index in [1.54, 1.807) is 0 Å². The Hall–Kier alpha value is -4.51. The highest BCUT2D eigenvalue weighted by Gasteiger charge is 2.57. The highest BCUT2D eigenvalue weighted by molar-refractivity contribution is 7.99. The molecule has 2 amide bonds. The first-order valence-electron chi connectivity index (χ1n) is 14.8. The molecule has 2 N–H and O–H groups in total. The van der Waals surface area contributed by atoms with Gasteiger partial charge in [0.15, 0.2) is 6.10 Å². The van der Waals surface area contributed by atoms with E-state index >= 15 is 0 Å². The van der Waals surface area contributed by atoms with Gasteiger partial charge >= 0.3 is 5.97 Å². The molecule has 4 aromatic carbocycles. The van der Waals surface area contributed by atoms with Crippen molar-refractivity contribution in [2.75, 3.05) is 11.5 Å². The average Bonchev–Trinajstić information content (AvgIpc) is 3.09. The van der Waals surface area contributed by atoms with Crippen molar-refractivity contribution in [3.05, 3.63) is 149 Å². The Kier molecular flexibility index (Phi) is 9.77. The van der Waals surface area contributed by atoms with Gasteiger partial charge in [-0.3, -0.25) is 18.7 Å². The third-order valence-electron chi connectivity index (χ3n) is 7.87. The number of nitrogens with zero attached hydrogens (tertiary/aromatic N) is 1. The minimum atomic E-state index is -1.58. The Morgan fingerprint density at radius 3 is 2.04 bits per heavy atom. The van der Waals surface area contributed by atoms with Crippen LogP contribution in [0, 0.1) is 0 Å². The molecular weight excluding hydrogens is 621 g/mol. The van der Waals surface area contributed by atoms with Crippen LogP contribution in [0.1, 0.15) is 28.4 Å². The van der Waals surface area contributed by atoms with E-state index in [-0.39, 0.29) is 36.1 Å². The lowest BCUT2D eigenvalue weighted by atomic mass is 10.0. The molecule has 0 spiro atoms. The van der Waals surface area contributed by atoms with E-state index in [2.05, 4.69) is 5.32 Å². The normalized spacial score (nSPS) is 19.0. The predicted molar refractivity (Wildman–Crippen MR) is 177 cm³/mol. The van der Waals surface area contributed by atoms with Crippen LogP contribution in [0.15, 0.2) is 131 Å². The van der Waals surface area contributed by atoms with Gasteiger partial charge in [0, 0.05) is 10.6 Å². The minimum absolute atomic E-state index is 0.0486. The van der Waals surface area contributed by atoms with Gasteiger partial charge in [0.1, 0.15) is 17.1 Å². The van der Waals surface area contributed by atoms with E-state index in [4.69, 9.17) is 4.74 Å². The zero-order valence-electron chi connectivity index (χ0n) is 24.8. The van der Waals surface area contributed by atoms with Gasteiger partial charge < -0.3 is 15.2 Å². The molecule has 234 valence electrons. The van der Waals surface area contributed by atoms with Crippen molar-refractivity contribution in [1.29, 1.82) is 0 Å². The van der Waals surface area contributed by atoms with Gasteiger partial charge in [0.2, 0.25) is 5.91 Å². The summed E-state index contributed by atoms with van der Waals surface area (Å²) in [7, 11) is -1.58. The number of esters is 1. The predicted octanol–water partition coefficient (Wildman–Crippen LogP) is 4.52. The van der Waals surface area contributed by atoms with E-state index < -0.39 is 40.2 Å². The van der Waals surface area contributed by atoms with Gasteiger partial charge in [-0.25, -0.2) is 4.79 Å². The van der Waals surface area contributed by atoms with Crippen LogP contribution < -0.4 is 5.32 Å². The number of benzene rings is 4. The smallest absolute Gasteiger partial charge is 0.356 e. The number of fused-ring (bicyclic) bond motifs is 1. The molecule has 1 unspecified atom stereocenters. The minimum Gasteiger partial charge on any atom is -0.448 e. The van der Waals surface area contributed by atoms with Crippen molar-refractivity contribution >= 4 is 40.3 Å². The number of β-lactam (4-membered cyclic amide) rings is 1. The third kappa shape index (κ3) is 6.84. The number of carbonyl (C=O) groups is 3. The van der Waals surface area contributed by atoms with Crippen molar-refractivity contribution in [1.82, 2.24) is 10.2 Å². The number of hydrogen-bond donors (Lipinski definition) is 2. The molecule has 2 aliphatic rings. The Bertz CT molecular complexity index is 1730. The summed E-state index contributed by atoms with van der Waals surface area (Å²) in [6, 6.07) is 34.2. The standard InChI is InChI=1S/C36H32N2O6S2/c39-21-25-16-18-29(19-17-25)45-22-28-23-46(43)35-31(37-30(40)20-24-10-4-1-5-11-24)34(41)38(35)32(28)36(42)44-33(26-12-6-2-7-13-26)27-14-8-3-9-15-27/h1-19,31,33,35,39H,20-23H2,(H,37,40)/t31-,35-,46?/m1/s1. The number of aliphatic hydroxyl groups is 1. The second kappa shape index (κ2) is 14.3. The Morgan fingerprint density at radius 2 is 1.46 bits per heavy atom. The first-order chi connectivity index (χ1) is 22.4. The summed E-state index contributed by atoms with van der Waals surface area (Å²) in [4.78, 5) is 42.9. The number of amides is 2. The molecule has 0 radical (unpaired) electrons. The quantitative estimate of drug-likeness (QED) is 0.139. The molecule has 2 heterocycles. The maximum atomic E-state index is 14.2. The lowest BCUT2D eigenvalue weighted by Gasteiger charge is -2.49. The molecule has 0 bridgehead atoms. The number of hydrogen-bond acceptors (Lipinski definition) is 7. The maximum absolute atomic E-state index is 14.2. The number of nitrogens with one attached hydrogen (secondary N) is 1. The van der Waals surface area contributed by atoms with Gasteiger partial charge in [-0.15, -0.1) is 11.8 Å². The maximum Gasteiger partial charge on any atom is 0.356 e. The highest BCUT2D eigenvalue weighted by Crippen LogP contribution is 2.38. The van der Waals surface area contributed by atoms with Crippen molar-refractivity contribution < 1.29 is 28.4 Å². The van der Waals surface area contributed by atoms with Crippen LogP contribution in [0.2, 0.25) is 0 Å². The Labute approximate surface area is 273 Å². The first kappa shape index (κ1) is 31.5. The fraction of sp³-hybridized carbons (Fsp3) is 0.194. The molecule has 0 aliphatic carbocycles. The van der Waals surface area contributed by atoms with Gasteiger partial charge in [-0.2, -0.15) is 0 Å². The SMILES string of the molecule is O=C(Cc1ccccc1)N[C@@H]1C(=O)N2C(C(=O)OC(c3ccccc3)c3ccccc3)=C(CSc3ccc(CO)cc3)CS(=O)[C@H]12. The van der Waals surface area contributed by atoms with Crippen LogP contribution in [0.5, 0.6) is 0 Å². The number of rotatable bonds is 11. The van der Waals surface area contributed by atoms with Crippen LogP contribution in [-0.2, 0) is 42.9 Å². The fourth-order valence-electron chi connectivity index (χ4n) is 5.57. The summed E-state index contributed by atoms with van der Waals surface area (Å²) >= 11 is 1.43. The molecule has 0 saturated carbocycles. The van der Waals surface area contributed by atoms with Crippen molar-refractivity contribution in [3.8, 4) is 0 Å². The van der Waals surface area contributed by atoms with Crippen LogP contribution in [0.3, 0.4) is 0 Å². The van der Waals surface area contributed by atoms with Crippen LogP contribution >= 0.6 is 11.8 Å². The topological polar surface area (TPSA) is 113 Å². The second-order valence-electron chi connectivity index (χ2n) is 11.0. The third-order valence-corrected chi connectivity index (χ3v) is 10.6. The monoisotopic (exact) mass is 652 g/mol. The van der Waals surface area contributed by atoms with Crippen LogP contribution in [0.4, 0.5) is 0 Å². The molecular formula is C36H32N2O6S2. The lowest BCUT2D eigenvalue weighted by molar-refractivity contribution is -0.154. The molecule has 46 heavy (non-hydrogen) atoms. The van der Waals surface area contributed by atoms with Gasteiger partial charge in [0.05, 0.1) is 29.6 Å². The Morgan fingerprint density at radius 1 is 0.870 bits per heavy atom. The van der Waals surface area contributed by atoms with E-state index in [0.29, 0.717) is 5.57 Å². The van der Waals surface area contributed by atoms with Crippen molar-refractivity contribution in [2.45, 2.75) is 35.4 Å². The van der Waals surface area contributed by atoms with Crippen molar-refractivity contribution in [3.63, 3.8) is 0 Å². The largest absolute Gasteiger partial charge is 0.448 e. The first-order valence-corrected chi connectivity index (χ1v) is 17.2. The molecule has 1 fully saturated rings. The lowest BCUT2D eigenvalue weighted by Crippen LogP contribution is -2.73. The van der Waals surface area contributed by atoms with Gasteiger partial charge in [-0.1, -0.05) is 103 Å². The average molecular weight is 653 g/mol. The van der Waals surface area contributed by atoms with Gasteiger partial charge in [-0.05, 0) is 40.0 Å². The Balaban J connectivity index is 1.29. The summed E-state index contributed by atoms with van der Waals surface area (Å²) in [5.74, 6) is -1.23. The highest BCUT2D eigenvalue weighted by atomic mass is 32.2.